The Morgan fingerprint density at radius 1 is 0.500 bits per heavy atom. The maximum absolute atomic E-state index is 12.8. The Hall–Kier alpha value is -0.920. The number of phosphoric acid groups is 1. The van der Waals surface area contributed by atoms with E-state index in [-0.39, 0.29) is 13.0 Å². The van der Waals surface area contributed by atoms with Gasteiger partial charge in [-0.3, -0.25) is 13.8 Å². The van der Waals surface area contributed by atoms with Gasteiger partial charge in [0.1, 0.15) is 42.7 Å². The van der Waals surface area contributed by atoms with Crippen LogP contribution in [0.4, 0.5) is 0 Å². The smallest absolute Gasteiger partial charge is 0.457 e. The van der Waals surface area contributed by atoms with E-state index >= 15 is 0 Å². The van der Waals surface area contributed by atoms with Crippen LogP contribution in [0.2, 0.25) is 0 Å². The van der Waals surface area contributed by atoms with E-state index in [0.29, 0.717) is 13.0 Å². The van der Waals surface area contributed by atoms with Gasteiger partial charge in [-0.2, -0.15) is 0 Å². The van der Waals surface area contributed by atoms with E-state index in [1.807, 2.05) is 0 Å². The summed E-state index contributed by atoms with van der Waals surface area (Å²) in [6.45, 7) is 4.25. The Balaban J connectivity index is 2.28. The molecule has 1 rings (SSSR count). The molecule has 1 aliphatic carbocycles. The van der Waals surface area contributed by atoms with Crippen molar-refractivity contribution >= 4 is 13.8 Å². The van der Waals surface area contributed by atoms with Gasteiger partial charge in [0.2, 0.25) is 0 Å². The molecule has 0 aromatic heterocycles. The molecule has 0 spiro atoms. The molecular formula is C49H95O12P. The minimum absolute atomic E-state index is 0.0756. The molecule has 1 aliphatic rings. The zero-order valence-corrected chi connectivity index (χ0v) is 40.3. The van der Waals surface area contributed by atoms with Crippen LogP contribution in [0.1, 0.15) is 232 Å². The fourth-order valence-corrected chi connectivity index (χ4v) is 9.02. The van der Waals surface area contributed by atoms with Gasteiger partial charge in [-0.1, -0.05) is 206 Å². The third-order valence-electron chi connectivity index (χ3n) is 12.1. The summed E-state index contributed by atoms with van der Waals surface area (Å²) in [7, 11) is -5.01. The molecular weight excluding hydrogens is 812 g/mol. The second-order valence-electron chi connectivity index (χ2n) is 18.0. The van der Waals surface area contributed by atoms with E-state index in [1.165, 1.54) is 148 Å². The number of carbonyl (C=O) groups excluding carboxylic acids is 1. The molecule has 6 atom stereocenters. The molecule has 368 valence electrons. The van der Waals surface area contributed by atoms with Gasteiger partial charge in [0.15, 0.2) is 0 Å². The number of phosphoric ester groups is 1. The molecule has 0 aliphatic heterocycles. The number of rotatable bonds is 44. The van der Waals surface area contributed by atoms with Crippen LogP contribution in [0.15, 0.2) is 12.2 Å². The van der Waals surface area contributed by atoms with Gasteiger partial charge in [0.05, 0.1) is 13.2 Å². The van der Waals surface area contributed by atoms with Crippen LogP contribution in [-0.2, 0) is 27.9 Å². The highest BCUT2D eigenvalue weighted by atomic mass is 31.2. The van der Waals surface area contributed by atoms with Crippen LogP contribution in [0.3, 0.4) is 0 Å². The molecule has 0 aromatic rings. The Labute approximate surface area is 377 Å². The Morgan fingerprint density at radius 2 is 0.871 bits per heavy atom. The first kappa shape index (κ1) is 59.1. The number of carbonyl (C=O) groups is 1. The molecule has 6 unspecified atom stereocenters. The average molecular weight is 907 g/mol. The minimum atomic E-state index is -5.01. The predicted octanol–water partition coefficient (Wildman–Crippen LogP) is 11.1. The Bertz CT molecular complexity index is 1080. The summed E-state index contributed by atoms with van der Waals surface area (Å²) in [6.07, 6.45) is 32.9. The van der Waals surface area contributed by atoms with Crippen LogP contribution in [0.5, 0.6) is 0 Å². The van der Waals surface area contributed by atoms with Crippen LogP contribution in [0.25, 0.3) is 0 Å². The third kappa shape index (κ3) is 31.9. The predicted molar refractivity (Wildman–Crippen MR) is 249 cm³/mol. The van der Waals surface area contributed by atoms with Crippen molar-refractivity contribution < 1.29 is 58.3 Å². The largest absolute Gasteiger partial charge is 0.472 e. The Morgan fingerprint density at radius 3 is 1.32 bits per heavy atom. The molecule has 0 saturated heterocycles. The highest BCUT2D eigenvalue weighted by Gasteiger charge is 2.51. The maximum Gasteiger partial charge on any atom is 0.472 e. The lowest BCUT2D eigenvalue weighted by Crippen LogP contribution is -2.64. The molecule has 0 amide bonds. The van der Waals surface area contributed by atoms with Gasteiger partial charge >= 0.3 is 13.8 Å². The minimum Gasteiger partial charge on any atom is -0.457 e. The standard InChI is InChI=1S/C49H95O12P/c1-3-5-7-9-11-13-15-17-18-19-20-21-22-23-24-25-26-27-28-30-32-34-36-38-43(50)60-42(40-58-39-37-35-33-31-29-16-14-12-10-8-6-4-2)41-59-62(56,57)61-49-47(54)45(52)44(51)46(53)48(49)55/h10,12,42,44-49,51-55H,3-9,11,13-41H2,1-2H3,(H,56,57)/b12-10-. The second-order valence-corrected chi connectivity index (χ2v) is 19.4. The SMILES string of the molecule is CCCC/C=C\CCCCCCCCOCC(COP(=O)(O)OC1C(O)C(O)C(O)C(O)C1O)OC(=O)CCCCCCCCCCCCCCCCCCCCCCCCC. The van der Waals surface area contributed by atoms with Crippen molar-refractivity contribution in [2.75, 3.05) is 19.8 Å². The van der Waals surface area contributed by atoms with E-state index < -0.39 is 63.1 Å². The summed E-state index contributed by atoms with van der Waals surface area (Å²) in [4.78, 5) is 23.2. The number of ether oxygens (including phenoxy) is 2. The van der Waals surface area contributed by atoms with Gasteiger partial charge in [-0.15, -0.1) is 0 Å². The zero-order chi connectivity index (χ0) is 45.5. The number of allylic oxidation sites excluding steroid dienone is 2. The first-order valence-electron chi connectivity index (χ1n) is 25.5. The molecule has 1 fully saturated rings. The molecule has 0 aromatic carbocycles. The lowest BCUT2D eigenvalue weighted by atomic mass is 9.85. The summed E-state index contributed by atoms with van der Waals surface area (Å²) in [5.74, 6) is -0.474. The molecule has 0 heterocycles. The number of aliphatic hydroxyl groups excluding tert-OH is 5. The van der Waals surface area contributed by atoms with Gasteiger partial charge in [-0.05, 0) is 32.1 Å². The van der Waals surface area contributed by atoms with Crippen LogP contribution < -0.4 is 0 Å². The van der Waals surface area contributed by atoms with Crippen molar-refractivity contribution in [3.8, 4) is 0 Å². The number of hydrogen-bond acceptors (Lipinski definition) is 11. The highest BCUT2D eigenvalue weighted by Crippen LogP contribution is 2.47. The topological polar surface area (TPSA) is 192 Å². The van der Waals surface area contributed by atoms with Crippen LogP contribution in [0, 0.1) is 0 Å². The van der Waals surface area contributed by atoms with Gasteiger partial charge in [0, 0.05) is 13.0 Å². The number of unbranched alkanes of at least 4 members (excludes halogenated alkanes) is 30. The Kier molecular flexibility index (Phi) is 38.5. The van der Waals surface area contributed by atoms with E-state index in [0.717, 1.165) is 57.8 Å². The molecule has 1 saturated carbocycles. The fraction of sp³-hybridized carbons (Fsp3) is 0.939. The van der Waals surface area contributed by atoms with Crippen molar-refractivity contribution in [3.05, 3.63) is 12.2 Å². The monoisotopic (exact) mass is 907 g/mol. The molecule has 12 nitrogen and oxygen atoms in total. The van der Waals surface area contributed by atoms with Crippen molar-refractivity contribution in [1.82, 2.24) is 0 Å². The molecule has 6 N–H and O–H groups in total. The van der Waals surface area contributed by atoms with E-state index in [1.54, 1.807) is 0 Å². The summed E-state index contributed by atoms with van der Waals surface area (Å²) >= 11 is 0. The molecule has 62 heavy (non-hydrogen) atoms. The number of esters is 1. The van der Waals surface area contributed by atoms with Crippen molar-refractivity contribution in [1.29, 1.82) is 0 Å². The third-order valence-corrected chi connectivity index (χ3v) is 13.1. The van der Waals surface area contributed by atoms with Gasteiger partial charge in [0.25, 0.3) is 0 Å². The lowest BCUT2D eigenvalue weighted by molar-refractivity contribution is -0.220. The summed E-state index contributed by atoms with van der Waals surface area (Å²) in [5, 5.41) is 50.2. The van der Waals surface area contributed by atoms with Gasteiger partial charge in [-0.25, -0.2) is 4.57 Å². The quantitative estimate of drug-likeness (QED) is 0.0147. The average Bonchev–Trinajstić information content (AvgIpc) is 3.26. The fourth-order valence-electron chi connectivity index (χ4n) is 8.04. The summed E-state index contributed by atoms with van der Waals surface area (Å²) in [5.41, 5.74) is 0. The number of aliphatic hydroxyl groups is 5. The zero-order valence-electron chi connectivity index (χ0n) is 39.4. The van der Waals surface area contributed by atoms with Gasteiger partial charge < -0.3 is 39.9 Å². The number of hydrogen-bond donors (Lipinski definition) is 6. The summed E-state index contributed by atoms with van der Waals surface area (Å²) < 4.78 is 34.2. The molecule has 0 radical (unpaired) electrons. The van der Waals surface area contributed by atoms with E-state index in [2.05, 4.69) is 26.0 Å². The first-order valence-corrected chi connectivity index (χ1v) is 27.0. The van der Waals surface area contributed by atoms with E-state index in [9.17, 15) is 39.8 Å². The van der Waals surface area contributed by atoms with Crippen molar-refractivity contribution in [3.63, 3.8) is 0 Å². The molecule has 0 bridgehead atoms. The molecule has 13 heteroatoms. The van der Waals surface area contributed by atoms with Crippen LogP contribution >= 0.6 is 7.82 Å². The summed E-state index contributed by atoms with van der Waals surface area (Å²) in [6, 6.07) is 0. The highest BCUT2D eigenvalue weighted by molar-refractivity contribution is 7.47. The normalized spacial score (nSPS) is 22.0. The van der Waals surface area contributed by atoms with Crippen molar-refractivity contribution in [2.24, 2.45) is 0 Å². The van der Waals surface area contributed by atoms with Crippen LogP contribution in [-0.4, -0.2) is 98.9 Å². The maximum atomic E-state index is 12.8. The first-order chi connectivity index (χ1) is 30.0. The lowest BCUT2D eigenvalue weighted by Gasteiger charge is -2.41. The van der Waals surface area contributed by atoms with Crippen molar-refractivity contribution in [2.45, 2.75) is 275 Å². The van der Waals surface area contributed by atoms with E-state index in [4.69, 9.17) is 18.5 Å². The second kappa shape index (κ2) is 40.4.